The highest BCUT2D eigenvalue weighted by molar-refractivity contribution is 7.89. The number of aryl methyl sites for hydroxylation is 1. The zero-order valence-electron chi connectivity index (χ0n) is 23.2. The van der Waals surface area contributed by atoms with E-state index in [2.05, 4.69) is 17.4 Å². The van der Waals surface area contributed by atoms with Crippen molar-refractivity contribution in [3.63, 3.8) is 0 Å². The van der Waals surface area contributed by atoms with E-state index >= 15 is 0 Å². The molecule has 2 aromatic rings. The molecule has 11 heteroatoms. The molecule has 0 radical (unpaired) electrons. The smallest absolute Gasteiger partial charge is 0.416 e. The molecule has 1 unspecified atom stereocenters. The lowest BCUT2D eigenvalue weighted by molar-refractivity contribution is -0.139. The Morgan fingerprint density at radius 1 is 1.10 bits per heavy atom. The van der Waals surface area contributed by atoms with Crippen LogP contribution >= 0.6 is 0 Å². The predicted molar refractivity (Wildman–Crippen MR) is 146 cm³/mol. The molecular formula is C29H39F3N2O5S. The summed E-state index contributed by atoms with van der Waals surface area (Å²) in [6.07, 6.45) is -2.73. The minimum atomic E-state index is -4.78. The Hall–Kier alpha value is -2.47. The second kappa shape index (κ2) is 13.0. The zero-order chi connectivity index (χ0) is 29.7. The number of carboxylic acids is 1. The van der Waals surface area contributed by atoms with Gasteiger partial charge in [-0.2, -0.15) is 17.5 Å². The number of alkyl halides is 3. The van der Waals surface area contributed by atoms with Gasteiger partial charge in [0.15, 0.2) is 0 Å². The van der Waals surface area contributed by atoms with E-state index in [4.69, 9.17) is 5.11 Å². The highest BCUT2D eigenvalue weighted by atomic mass is 32.2. The van der Waals surface area contributed by atoms with Gasteiger partial charge < -0.3 is 15.5 Å². The van der Waals surface area contributed by atoms with Crippen LogP contribution in [0.15, 0.2) is 47.4 Å². The number of nitrogens with zero attached hydrogens (tertiary/aromatic N) is 1. The average Bonchev–Trinajstić information content (AvgIpc) is 3.26. The molecule has 3 N–H and O–H groups in total. The van der Waals surface area contributed by atoms with Crippen molar-refractivity contribution < 1.29 is 36.6 Å². The number of carboxylic acid groups (broad SMARTS) is 1. The number of halogens is 3. The van der Waals surface area contributed by atoms with E-state index in [1.54, 1.807) is 0 Å². The van der Waals surface area contributed by atoms with Gasteiger partial charge in [-0.3, -0.25) is 4.79 Å². The number of carbonyl (C=O) groups is 1. The normalized spacial score (nSPS) is 15.4. The lowest BCUT2D eigenvalue weighted by Crippen LogP contribution is -2.47. The molecule has 222 valence electrons. The number of aliphatic hydroxyl groups is 1. The van der Waals surface area contributed by atoms with Gasteiger partial charge in [-0.15, -0.1) is 0 Å². The highest BCUT2D eigenvalue weighted by Crippen LogP contribution is 2.35. The fourth-order valence-electron chi connectivity index (χ4n) is 5.41. The number of sulfonamides is 1. The molecule has 0 saturated heterocycles. The van der Waals surface area contributed by atoms with Gasteiger partial charge in [0.1, 0.15) is 0 Å². The number of β-amino-alcohol motifs (C(OH)–C–C–N with tert-alkyl or cyclic N) is 1. The van der Waals surface area contributed by atoms with Crippen molar-refractivity contribution in [2.45, 2.75) is 81.5 Å². The van der Waals surface area contributed by atoms with E-state index < -0.39 is 38.7 Å². The summed E-state index contributed by atoms with van der Waals surface area (Å²) in [5, 5.41) is 22.6. The van der Waals surface area contributed by atoms with E-state index in [1.165, 1.54) is 18.2 Å². The van der Waals surface area contributed by atoms with Crippen molar-refractivity contribution in [1.29, 1.82) is 0 Å². The van der Waals surface area contributed by atoms with Gasteiger partial charge in [0.05, 0.1) is 16.6 Å². The summed E-state index contributed by atoms with van der Waals surface area (Å²) < 4.78 is 68.3. The fraction of sp³-hybridized carbons (Fsp3) is 0.552. The van der Waals surface area contributed by atoms with Crippen LogP contribution in [0.3, 0.4) is 0 Å². The van der Waals surface area contributed by atoms with Crippen LogP contribution in [0.1, 0.15) is 61.8 Å². The molecule has 3 rings (SSSR count). The number of rotatable bonds is 14. The molecule has 40 heavy (non-hydrogen) atoms. The Morgan fingerprint density at radius 2 is 1.73 bits per heavy atom. The highest BCUT2D eigenvalue weighted by Gasteiger charge is 2.35. The minimum absolute atomic E-state index is 0.0224. The van der Waals surface area contributed by atoms with E-state index in [1.807, 2.05) is 26.0 Å². The monoisotopic (exact) mass is 584 g/mol. The van der Waals surface area contributed by atoms with Crippen LogP contribution in [0.4, 0.5) is 13.2 Å². The maximum absolute atomic E-state index is 13.7. The predicted octanol–water partition coefficient (Wildman–Crippen LogP) is 4.66. The number of nitrogens with one attached hydrogen (secondary N) is 1. The second-order valence-electron chi connectivity index (χ2n) is 11.4. The van der Waals surface area contributed by atoms with Gasteiger partial charge >= 0.3 is 12.1 Å². The first kappa shape index (κ1) is 32.0. The SMILES string of the molecule is CN(CC(O)CNC(C)(C)CC1Cc2ccccc2C1)S(=O)(=O)c1ccc(CCCCC(=O)O)c(C(F)(F)F)c1. The summed E-state index contributed by atoms with van der Waals surface area (Å²) in [5.74, 6) is -0.565. The third-order valence-corrected chi connectivity index (χ3v) is 9.22. The van der Waals surface area contributed by atoms with Crippen molar-refractivity contribution in [3.05, 3.63) is 64.7 Å². The van der Waals surface area contributed by atoms with Crippen LogP contribution in [-0.2, 0) is 40.3 Å². The van der Waals surface area contributed by atoms with Gasteiger partial charge in [-0.25, -0.2) is 8.42 Å². The van der Waals surface area contributed by atoms with Crippen LogP contribution in [0.2, 0.25) is 0 Å². The van der Waals surface area contributed by atoms with Crippen molar-refractivity contribution in [3.8, 4) is 0 Å². The summed E-state index contributed by atoms with van der Waals surface area (Å²) >= 11 is 0. The topological polar surface area (TPSA) is 107 Å². The molecule has 2 aromatic carbocycles. The number of hydrogen-bond acceptors (Lipinski definition) is 5. The van der Waals surface area contributed by atoms with Gasteiger partial charge in [-0.05, 0) is 87.1 Å². The molecule has 0 bridgehead atoms. The minimum Gasteiger partial charge on any atom is -0.481 e. The summed E-state index contributed by atoms with van der Waals surface area (Å²) in [5.41, 5.74) is 1.25. The Balaban J connectivity index is 1.59. The van der Waals surface area contributed by atoms with Crippen molar-refractivity contribution in [2.75, 3.05) is 20.1 Å². The maximum Gasteiger partial charge on any atom is 0.416 e. The number of benzene rings is 2. The number of aliphatic carboxylic acids is 1. The Bertz CT molecular complexity index is 1260. The molecule has 0 aromatic heterocycles. The average molecular weight is 585 g/mol. The molecule has 0 spiro atoms. The second-order valence-corrected chi connectivity index (χ2v) is 13.4. The van der Waals surface area contributed by atoms with Crippen LogP contribution in [-0.4, -0.2) is 60.7 Å². The first-order chi connectivity index (χ1) is 18.6. The third-order valence-electron chi connectivity index (χ3n) is 7.40. The molecule has 0 fully saturated rings. The molecule has 1 aliphatic rings. The van der Waals surface area contributed by atoms with Crippen LogP contribution in [0.5, 0.6) is 0 Å². The number of likely N-dealkylation sites (N-methyl/N-ethyl adjacent to an activating group) is 1. The summed E-state index contributed by atoms with van der Waals surface area (Å²) in [6, 6.07) is 11.2. The third kappa shape index (κ3) is 8.76. The fourth-order valence-corrected chi connectivity index (χ4v) is 6.65. The molecule has 0 saturated carbocycles. The lowest BCUT2D eigenvalue weighted by atomic mass is 9.88. The van der Waals surface area contributed by atoms with Crippen LogP contribution in [0.25, 0.3) is 0 Å². The quantitative estimate of drug-likeness (QED) is 0.279. The Labute approximate surface area is 234 Å². The number of unbranched alkanes of at least 4 members (excludes halogenated alkanes) is 1. The van der Waals surface area contributed by atoms with Crippen molar-refractivity contribution in [1.82, 2.24) is 9.62 Å². The molecular weight excluding hydrogens is 545 g/mol. The first-order valence-electron chi connectivity index (χ1n) is 13.5. The summed E-state index contributed by atoms with van der Waals surface area (Å²) in [7, 11) is -3.08. The molecule has 0 aliphatic heterocycles. The standard InChI is InChI=1S/C29H39F3N2O5S/c1-28(2,17-20-14-22-9-4-5-10-23(22)15-20)33-18-24(35)19-34(3)40(38,39)25-13-12-21(8-6-7-11-27(36)37)26(16-25)29(30,31)32/h4-5,9-10,12-13,16,20,24,33,35H,6-8,11,14-15,17-19H2,1-3H3,(H,36,37). The molecule has 1 atom stereocenters. The maximum atomic E-state index is 13.7. The Morgan fingerprint density at radius 3 is 2.30 bits per heavy atom. The van der Waals surface area contributed by atoms with Gasteiger partial charge in [0.2, 0.25) is 10.0 Å². The zero-order valence-corrected chi connectivity index (χ0v) is 24.0. The molecule has 1 aliphatic carbocycles. The summed E-state index contributed by atoms with van der Waals surface area (Å²) in [6.45, 7) is 3.89. The van der Waals surface area contributed by atoms with Gasteiger partial charge in [0, 0.05) is 32.1 Å². The number of aliphatic hydroxyl groups excluding tert-OH is 1. The largest absolute Gasteiger partial charge is 0.481 e. The summed E-state index contributed by atoms with van der Waals surface area (Å²) in [4.78, 5) is 10.1. The number of hydrogen-bond donors (Lipinski definition) is 3. The van der Waals surface area contributed by atoms with Crippen LogP contribution < -0.4 is 5.32 Å². The Kier molecular flexibility index (Phi) is 10.4. The van der Waals surface area contributed by atoms with Crippen molar-refractivity contribution >= 4 is 16.0 Å². The van der Waals surface area contributed by atoms with E-state index in [0.717, 1.165) is 35.7 Å². The lowest BCUT2D eigenvalue weighted by Gasteiger charge is -2.31. The van der Waals surface area contributed by atoms with Crippen LogP contribution in [0, 0.1) is 5.92 Å². The van der Waals surface area contributed by atoms with E-state index in [9.17, 15) is 31.5 Å². The first-order valence-corrected chi connectivity index (χ1v) is 14.9. The molecule has 0 heterocycles. The molecule has 7 nitrogen and oxygen atoms in total. The van der Waals surface area contributed by atoms with Gasteiger partial charge in [-0.1, -0.05) is 30.3 Å². The van der Waals surface area contributed by atoms with Crippen molar-refractivity contribution in [2.24, 2.45) is 5.92 Å². The number of fused-ring (bicyclic) bond motifs is 1. The molecule has 0 amide bonds. The van der Waals surface area contributed by atoms with E-state index in [-0.39, 0.29) is 49.9 Å². The van der Waals surface area contributed by atoms with Gasteiger partial charge in [0.25, 0.3) is 0 Å². The van der Waals surface area contributed by atoms with E-state index in [0.29, 0.717) is 12.0 Å².